The number of nitrogens with zero attached hydrogens (tertiary/aromatic N) is 3. The maximum absolute atomic E-state index is 14.6. The van der Waals surface area contributed by atoms with Crippen LogP contribution in [-0.2, 0) is 4.79 Å². The second kappa shape index (κ2) is 7.18. The quantitative estimate of drug-likeness (QED) is 0.880. The Bertz CT molecular complexity index is 932. The van der Waals surface area contributed by atoms with E-state index in [2.05, 4.69) is 15.3 Å². The van der Waals surface area contributed by atoms with Gasteiger partial charge < -0.3 is 9.64 Å². The second-order valence-corrected chi connectivity index (χ2v) is 6.90. The van der Waals surface area contributed by atoms with E-state index in [1.807, 2.05) is 0 Å². The van der Waals surface area contributed by atoms with Crippen molar-refractivity contribution in [1.82, 2.24) is 15.2 Å². The summed E-state index contributed by atoms with van der Waals surface area (Å²) in [7, 11) is 1.53. The molecule has 3 atom stereocenters. The average Bonchev–Trinajstić information content (AvgIpc) is 3.13. The van der Waals surface area contributed by atoms with Crippen molar-refractivity contribution in [2.24, 2.45) is 4.99 Å². The molecule has 1 N–H and O–H groups in total. The van der Waals surface area contributed by atoms with Gasteiger partial charge in [-0.15, -0.1) is 0 Å². The minimum absolute atomic E-state index is 0.199. The molecule has 0 bridgehead atoms. The Hall–Kier alpha value is -3.03. The summed E-state index contributed by atoms with van der Waals surface area (Å²) in [4.78, 5) is 22.8. The van der Waals surface area contributed by atoms with Gasteiger partial charge in [0.2, 0.25) is 11.8 Å². The molecule has 8 heteroatoms. The zero-order chi connectivity index (χ0) is 19.8. The van der Waals surface area contributed by atoms with Crippen molar-refractivity contribution in [3.05, 3.63) is 53.5 Å². The Labute approximate surface area is 161 Å². The summed E-state index contributed by atoms with van der Waals surface area (Å²) in [5.41, 5.74) is 2.03. The van der Waals surface area contributed by atoms with E-state index in [9.17, 15) is 13.6 Å². The maximum Gasteiger partial charge on any atom is 0.263 e. The molecule has 0 aliphatic carbocycles. The lowest BCUT2D eigenvalue weighted by molar-refractivity contribution is -0.128. The first-order valence-electron chi connectivity index (χ1n) is 9.07. The molecule has 146 valence electrons. The average molecular weight is 386 g/mol. The van der Waals surface area contributed by atoms with Gasteiger partial charge in [-0.25, -0.2) is 18.8 Å². The van der Waals surface area contributed by atoms with Crippen LogP contribution in [0.2, 0.25) is 0 Å². The van der Waals surface area contributed by atoms with E-state index in [0.717, 1.165) is 5.56 Å². The number of pyridine rings is 1. The van der Waals surface area contributed by atoms with Gasteiger partial charge in [-0.1, -0.05) is 12.1 Å². The first kappa shape index (κ1) is 18.3. The van der Waals surface area contributed by atoms with Crippen LogP contribution in [0.3, 0.4) is 0 Å². The number of carbonyl (C=O) groups is 1. The van der Waals surface area contributed by atoms with Crippen molar-refractivity contribution in [3.8, 4) is 5.88 Å². The van der Waals surface area contributed by atoms with Crippen LogP contribution in [0.25, 0.3) is 0 Å². The lowest BCUT2D eigenvalue weighted by Gasteiger charge is -2.38. The number of benzene rings is 1. The predicted molar refractivity (Wildman–Crippen MR) is 99.7 cm³/mol. The van der Waals surface area contributed by atoms with Crippen LogP contribution in [0.15, 0.2) is 41.4 Å². The molecule has 0 saturated carbocycles. The molecular formula is C20H20F2N4O2. The standard InChI is InChI=1S/C20H20F2N4O2/c1-11-14(7-10-17(23-11)28-2)24-20-25-19(27)18(22)16-9-8-15(26(16)20)12-3-5-13(21)6-4-12/h3-7,10,15-16,18H,8-9H2,1-2H3,(H,24,25,27). The summed E-state index contributed by atoms with van der Waals surface area (Å²) in [5, 5.41) is 2.58. The highest BCUT2D eigenvalue weighted by molar-refractivity contribution is 6.03. The highest BCUT2D eigenvalue weighted by Gasteiger charge is 2.47. The molecule has 2 aliphatic rings. The molecule has 6 nitrogen and oxygen atoms in total. The molecule has 0 radical (unpaired) electrons. The molecule has 3 unspecified atom stereocenters. The number of hydrogen-bond acceptors (Lipinski definition) is 4. The third-order valence-electron chi connectivity index (χ3n) is 5.22. The molecule has 2 fully saturated rings. The summed E-state index contributed by atoms with van der Waals surface area (Å²) in [6.45, 7) is 1.78. The number of alkyl halides is 1. The number of ether oxygens (including phenoxy) is 1. The van der Waals surface area contributed by atoms with Gasteiger partial charge >= 0.3 is 0 Å². The Morgan fingerprint density at radius 3 is 2.64 bits per heavy atom. The fourth-order valence-corrected chi connectivity index (χ4v) is 3.82. The highest BCUT2D eigenvalue weighted by Crippen LogP contribution is 2.40. The van der Waals surface area contributed by atoms with Gasteiger partial charge in [0.1, 0.15) is 5.82 Å². The third kappa shape index (κ3) is 3.19. The van der Waals surface area contributed by atoms with Gasteiger partial charge in [0.15, 0.2) is 6.17 Å². The molecule has 1 amide bonds. The SMILES string of the molecule is COc1ccc(N=C2NC(=O)C(F)C3CCC(c4ccc(F)cc4)N23)c(C)n1. The van der Waals surface area contributed by atoms with Gasteiger partial charge in [0.25, 0.3) is 5.91 Å². The molecule has 3 heterocycles. The third-order valence-corrected chi connectivity index (χ3v) is 5.22. The Balaban J connectivity index is 1.74. The smallest absolute Gasteiger partial charge is 0.263 e. The number of halogens is 2. The number of nitrogens with one attached hydrogen (secondary N) is 1. The summed E-state index contributed by atoms with van der Waals surface area (Å²) in [6, 6.07) is 8.74. The number of amides is 1. The van der Waals surface area contributed by atoms with Crippen molar-refractivity contribution < 1.29 is 18.3 Å². The fraction of sp³-hybridized carbons (Fsp3) is 0.350. The zero-order valence-electron chi connectivity index (χ0n) is 15.5. The lowest BCUT2D eigenvalue weighted by Crippen LogP contribution is -2.60. The first-order chi connectivity index (χ1) is 13.5. The summed E-state index contributed by atoms with van der Waals surface area (Å²) < 4.78 is 33.0. The first-order valence-corrected chi connectivity index (χ1v) is 9.07. The monoisotopic (exact) mass is 386 g/mol. The Morgan fingerprint density at radius 2 is 1.96 bits per heavy atom. The summed E-state index contributed by atoms with van der Waals surface area (Å²) in [5.74, 6) is -0.284. The van der Waals surface area contributed by atoms with E-state index in [0.29, 0.717) is 30.1 Å². The lowest BCUT2D eigenvalue weighted by atomic mass is 10.0. The summed E-state index contributed by atoms with van der Waals surface area (Å²) >= 11 is 0. The van der Waals surface area contributed by atoms with Gasteiger partial charge in [-0.3, -0.25) is 10.1 Å². The van der Waals surface area contributed by atoms with Crippen LogP contribution >= 0.6 is 0 Å². The topological polar surface area (TPSA) is 66.8 Å². The zero-order valence-corrected chi connectivity index (χ0v) is 15.5. The maximum atomic E-state index is 14.6. The fourth-order valence-electron chi connectivity index (χ4n) is 3.82. The minimum Gasteiger partial charge on any atom is -0.481 e. The van der Waals surface area contributed by atoms with Crippen molar-refractivity contribution >= 4 is 17.6 Å². The number of aryl methyl sites for hydroxylation is 1. The van der Waals surface area contributed by atoms with Gasteiger partial charge in [0, 0.05) is 6.07 Å². The van der Waals surface area contributed by atoms with Crippen LogP contribution in [-0.4, -0.2) is 41.1 Å². The van der Waals surface area contributed by atoms with Crippen molar-refractivity contribution in [3.63, 3.8) is 0 Å². The molecule has 0 spiro atoms. The van der Waals surface area contributed by atoms with Crippen molar-refractivity contribution in [2.75, 3.05) is 7.11 Å². The molecular weight excluding hydrogens is 366 g/mol. The molecule has 1 aromatic carbocycles. The van der Waals surface area contributed by atoms with E-state index in [-0.39, 0.29) is 17.8 Å². The molecule has 1 aromatic heterocycles. The number of methoxy groups -OCH3 is 1. The Morgan fingerprint density at radius 1 is 1.21 bits per heavy atom. The summed E-state index contributed by atoms with van der Waals surface area (Å²) in [6.07, 6.45) is -0.487. The number of guanidine groups is 1. The number of fused-ring (bicyclic) bond motifs is 1. The van der Waals surface area contributed by atoms with Gasteiger partial charge in [-0.05, 0) is 43.5 Å². The van der Waals surface area contributed by atoms with E-state index >= 15 is 0 Å². The van der Waals surface area contributed by atoms with Crippen LogP contribution in [0.1, 0.15) is 30.1 Å². The number of aromatic nitrogens is 1. The van der Waals surface area contributed by atoms with E-state index in [4.69, 9.17) is 4.74 Å². The number of hydrogen-bond donors (Lipinski definition) is 1. The number of carbonyl (C=O) groups excluding carboxylic acids is 1. The second-order valence-electron chi connectivity index (χ2n) is 6.90. The van der Waals surface area contributed by atoms with E-state index in [1.165, 1.54) is 19.2 Å². The normalized spacial score (nSPS) is 25.6. The molecule has 4 rings (SSSR count). The van der Waals surface area contributed by atoms with Gasteiger partial charge in [0.05, 0.1) is 30.6 Å². The Kier molecular flexibility index (Phi) is 4.70. The molecule has 2 aromatic rings. The van der Waals surface area contributed by atoms with Crippen LogP contribution in [0, 0.1) is 12.7 Å². The van der Waals surface area contributed by atoms with Crippen molar-refractivity contribution in [1.29, 1.82) is 0 Å². The molecule has 2 aliphatic heterocycles. The molecule has 2 saturated heterocycles. The largest absolute Gasteiger partial charge is 0.481 e. The van der Waals surface area contributed by atoms with Crippen LogP contribution < -0.4 is 10.1 Å². The predicted octanol–water partition coefficient (Wildman–Crippen LogP) is 3.20. The van der Waals surface area contributed by atoms with Crippen LogP contribution in [0.5, 0.6) is 5.88 Å². The number of rotatable bonds is 3. The minimum atomic E-state index is -1.64. The van der Waals surface area contributed by atoms with Crippen LogP contribution in [0.4, 0.5) is 14.5 Å². The van der Waals surface area contributed by atoms with E-state index < -0.39 is 18.1 Å². The van der Waals surface area contributed by atoms with Gasteiger partial charge in [-0.2, -0.15) is 0 Å². The molecule has 28 heavy (non-hydrogen) atoms. The highest BCUT2D eigenvalue weighted by atomic mass is 19.1. The van der Waals surface area contributed by atoms with E-state index in [1.54, 1.807) is 36.1 Å². The van der Waals surface area contributed by atoms with Crippen molar-refractivity contribution in [2.45, 2.75) is 38.0 Å². The number of aliphatic imine (C=N–C) groups is 1.